The molecule has 1 spiro atoms. The molecule has 1 atom stereocenters. The summed E-state index contributed by atoms with van der Waals surface area (Å²) in [6.45, 7) is 0. The highest BCUT2D eigenvalue weighted by molar-refractivity contribution is 9.10. The molecule has 0 amide bonds. The van der Waals surface area contributed by atoms with Gasteiger partial charge >= 0.3 is 0 Å². The van der Waals surface area contributed by atoms with Crippen molar-refractivity contribution >= 4 is 27.8 Å². The average molecular weight is 410 g/mol. The second-order valence-corrected chi connectivity index (χ2v) is 7.90. The van der Waals surface area contributed by atoms with Crippen LogP contribution in [0.1, 0.15) is 23.1 Å². The van der Waals surface area contributed by atoms with Gasteiger partial charge in [-0.05, 0) is 65.6 Å². The molecule has 3 aromatic rings. The predicted octanol–water partition coefficient (Wildman–Crippen LogP) is 6.07. The van der Waals surface area contributed by atoms with E-state index in [4.69, 9.17) is 0 Å². The Balaban J connectivity index is 1.74. The monoisotopic (exact) mass is 409 g/mol. The van der Waals surface area contributed by atoms with E-state index in [9.17, 15) is 8.78 Å². The smallest absolute Gasteiger partial charge is 0.123 e. The highest BCUT2D eigenvalue weighted by Crippen LogP contribution is 2.71. The number of aliphatic imine (C=N–C) groups is 1. The molecule has 2 aliphatic rings. The van der Waals surface area contributed by atoms with Crippen molar-refractivity contribution in [1.29, 1.82) is 0 Å². The Bertz CT molecular complexity index is 995. The summed E-state index contributed by atoms with van der Waals surface area (Å²) in [4.78, 5) is 4.64. The topological polar surface area (TPSA) is 12.4 Å². The standard InChI is InChI=1S/C22H14BrF2N/c23-16-5-10-20-19(11-16)21(13-26-20)12-22(21,14-1-6-17(24)7-2-14)15-3-8-18(25)9-4-15/h1-11,13H,12H2. The van der Waals surface area contributed by atoms with Gasteiger partial charge in [0.25, 0.3) is 0 Å². The maximum absolute atomic E-state index is 13.5. The summed E-state index contributed by atoms with van der Waals surface area (Å²) >= 11 is 3.56. The van der Waals surface area contributed by atoms with Crippen molar-refractivity contribution in [2.75, 3.05) is 0 Å². The lowest BCUT2D eigenvalue weighted by Gasteiger charge is -2.24. The molecule has 1 aliphatic carbocycles. The summed E-state index contributed by atoms with van der Waals surface area (Å²) in [5, 5.41) is 0. The normalized spacial score (nSPS) is 21.8. The minimum atomic E-state index is -0.371. The van der Waals surface area contributed by atoms with Crippen LogP contribution >= 0.6 is 15.9 Å². The summed E-state index contributed by atoms with van der Waals surface area (Å²) < 4.78 is 28.1. The second kappa shape index (κ2) is 5.34. The molecule has 1 nitrogen and oxygen atoms in total. The first-order valence-corrected chi connectivity index (χ1v) is 9.22. The lowest BCUT2D eigenvalue weighted by molar-refractivity contribution is 0.622. The van der Waals surface area contributed by atoms with Crippen LogP contribution in [0.2, 0.25) is 0 Å². The molecule has 0 bridgehead atoms. The van der Waals surface area contributed by atoms with Gasteiger partial charge in [0.05, 0.1) is 5.69 Å². The van der Waals surface area contributed by atoms with Crippen LogP contribution < -0.4 is 0 Å². The van der Waals surface area contributed by atoms with Gasteiger partial charge in [0, 0.05) is 21.5 Å². The van der Waals surface area contributed by atoms with E-state index < -0.39 is 0 Å². The maximum atomic E-state index is 13.5. The minimum absolute atomic E-state index is 0.263. The van der Waals surface area contributed by atoms with Gasteiger partial charge in [-0.25, -0.2) is 8.78 Å². The lowest BCUT2D eigenvalue weighted by atomic mass is 9.78. The zero-order chi connectivity index (χ0) is 17.9. The van der Waals surface area contributed by atoms with Crippen LogP contribution in [0.4, 0.5) is 14.5 Å². The van der Waals surface area contributed by atoms with Crippen molar-refractivity contribution in [3.05, 3.63) is 99.5 Å². The molecule has 5 rings (SSSR count). The van der Waals surface area contributed by atoms with Crippen LogP contribution in [-0.4, -0.2) is 6.21 Å². The first kappa shape index (κ1) is 15.9. The number of halogens is 3. The fourth-order valence-electron chi connectivity index (χ4n) is 4.44. The molecule has 3 aromatic carbocycles. The Morgan fingerprint density at radius 1 is 0.808 bits per heavy atom. The van der Waals surface area contributed by atoms with Crippen LogP contribution in [0.15, 0.2) is 76.2 Å². The van der Waals surface area contributed by atoms with E-state index in [0.717, 1.165) is 33.3 Å². The van der Waals surface area contributed by atoms with Gasteiger partial charge in [0.1, 0.15) is 11.6 Å². The highest BCUT2D eigenvalue weighted by atomic mass is 79.9. The third-order valence-electron chi connectivity index (χ3n) is 5.72. The SMILES string of the molecule is Fc1ccc(C2(c3ccc(F)cc3)CC23C=Nc2ccc(Br)cc23)cc1. The Hall–Kier alpha value is -2.33. The average Bonchev–Trinajstić information content (AvgIpc) is 3.20. The van der Waals surface area contributed by atoms with Crippen LogP contribution in [0.25, 0.3) is 0 Å². The molecule has 0 aromatic heterocycles. The first-order valence-electron chi connectivity index (χ1n) is 8.43. The molecular weight excluding hydrogens is 396 g/mol. The molecule has 128 valence electrons. The van der Waals surface area contributed by atoms with E-state index in [-0.39, 0.29) is 22.5 Å². The number of hydrogen-bond donors (Lipinski definition) is 0. The number of hydrogen-bond acceptors (Lipinski definition) is 1. The number of benzene rings is 3. The number of nitrogens with zero attached hydrogens (tertiary/aromatic N) is 1. The van der Waals surface area contributed by atoms with Gasteiger partial charge in [0.15, 0.2) is 0 Å². The Morgan fingerprint density at radius 2 is 1.38 bits per heavy atom. The number of fused-ring (bicyclic) bond motifs is 2. The Labute approximate surface area is 158 Å². The molecule has 1 saturated carbocycles. The van der Waals surface area contributed by atoms with Crippen molar-refractivity contribution in [2.24, 2.45) is 4.99 Å². The molecule has 1 fully saturated rings. The fourth-order valence-corrected chi connectivity index (χ4v) is 4.80. The zero-order valence-electron chi connectivity index (χ0n) is 13.7. The molecule has 1 heterocycles. The maximum Gasteiger partial charge on any atom is 0.123 e. The molecular formula is C22H14BrF2N. The van der Waals surface area contributed by atoms with Crippen LogP contribution in [-0.2, 0) is 10.8 Å². The van der Waals surface area contributed by atoms with E-state index in [1.807, 2.05) is 42.6 Å². The van der Waals surface area contributed by atoms with Crippen molar-refractivity contribution in [3.8, 4) is 0 Å². The molecule has 0 radical (unpaired) electrons. The molecule has 1 aliphatic heterocycles. The zero-order valence-corrected chi connectivity index (χ0v) is 15.3. The van der Waals surface area contributed by atoms with E-state index in [0.29, 0.717) is 0 Å². The second-order valence-electron chi connectivity index (χ2n) is 6.99. The van der Waals surface area contributed by atoms with Gasteiger partial charge in [-0.2, -0.15) is 0 Å². The molecule has 1 unspecified atom stereocenters. The van der Waals surface area contributed by atoms with Crippen molar-refractivity contribution in [2.45, 2.75) is 17.3 Å². The summed E-state index contributed by atoms with van der Waals surface area (Å²) in [6, 6.07) is 19.4. The summed E-state index contributed by atoms with van der Waals surface area (Å²) in [6.07, 6.45) is 2.83. The molecule has 0 saturated heterocycles. The quantitative estimate of drug-likeness (QED) is 0.486. The van der Waals surface area contributed by atoms with Gasteiger partial charge < -0.3 is 0 Å². The highest BCUT2D eigenvalue weighted by Gasteiger charge is 2.70. The predicted molar refractivity (Wildman–Crippen MR) is 102 cm³/mol. The Kier molecular flexibility index (Phi) is 3.26. The molecule has 0 N–H and O–H groups in total. The van der Waals surface area contributed by atoms with Crippen LogP contribution in [0, 0.1) is 11.6 Å². The number of rotatable bonds is 2. The third-order valence-corrected chi connectivity index (χ3v) is 6.21. The summed E-state index contributed by atoms with van der Waals surface area (Å²) in [5.41, 5.74) is 3.49. The summed E-state index contributed by atoms with van der Waals surface area (Å²) in [7, 11) is 0. The first-order chi connectivity index (χ1) is 12.5. The largest absolute Gasteiger partial charge is 0.260 e. The molecule has 4 heteroatoms. The van der Waals surface area contributed by atoms with E-state index >= 15 is 0 Å². The van der Waals surface area contributed by atoms with Gasteiger partial charge in [0.2, 0.25) is 0 Å². The van der Waals surface area contributed by atoms with E-state index in [1.54, 1.807) is 0 Å². The lowest BCUT2D eigenvalue weighted by Crippen LogP contribution is -2.23. The van der Waals surface area contributed by atoms with Crippen molar-refractivity contribution < 1.29 is 8.78 Å². The summed E-state index contributed by atoms with van der Waals surface area (Å²) in [5.74, 6) is -0.526. The van der Waals surface area contributed by atoms with Crippen molar-refractivity contribution in [1.82, 2.24) is 0 Å². The molecule has 26 heavy (non-hydrogen) atoms. The van der Waals surface area contributed by atoms with E-state index in [1.165, 1.54) is 24.3 Å². The van der Waals surface area contributed by atoms with Gasteiger partial charge in [-0.1, -0.05) is 40.2 Å². The van der Waals surface area contributed by atoms with Crippen molar-refractivity contribution in [3.63, 3.8) is 0 Å². The third kappa shape index (κ3) is 2.02. The van der Waals surface area contributed by atoms with Crippen LogP contribution in [0.5, 0.6) is 0 Å². The fraction of sp³-hybridized carbons (Fsp3) is 0.136. The van der Waals surface area contributed by atoms with Crippen LogP contribution in [0.3, 0.4) is 0 Å². The Morgan fingerprint density at radius 3 is 1.96 bits per heavy atom. The van der Waals surface area contributed by atoms with Gasteiger partial charge in [-0.15, -0.1) is 0 Å². The van der Waals surface area contributed by atoms with Gasteiger partial charge in [-0.3, -0.25) is 4.99 Å². The van der Waals surface area contributed by atoms with E-state index in [2.05, 4.69) is 27.0 Å². The minimum Gasteiger partial charge on any atom is -0.260 e.